The molecule has 0 saturated carbocycles. The van der Waals surface area contributed by atoms with Gasteiger partial charge >= 0.3 is 0 Å². The molecule has 1 heterocycles. The molecule has 1 aliphatic heterocycles. The molecule has 1 aromatic carbocycles. The number of benzene rings is 1. The fourth-order valence-corrected chi connectivity index (χ4v) is 3.46. The number of hydrogen-bond acceptors (Lipinski definition) is 2. The van der Waals surface area contributed by atoms with Gasteiger partial charge in [0.1, 0.15) is 0 Å². The van der Waals surface area contributed by atoms with Crippen molar-refractivity contribution in [1.82, 2.24) is 4.90 Å². The average Bonchev–Trinajstić information content (AvgIpc) is 2.84. The molecular weight excluding hydrogens is 298 g/mol. The zero-order chi connectivity index (χ0) is 12.3. The van der Waals surface area contributed by atoms with Crippen molar-refractivity contribution >= 4 is 33.6 Å². The summed E-state index contributed by atoms with van der Waals surface area (Å²) >= 11 is 5.29. The van der Waals surface area contributed by atoms with Crippen LogP contribution in [0.5, 0.6) is 0 Å². The normalized spacial score (nSPS) is 19.3. The second kappa shape index (κ2) is 5.91. The molecule has 0 N–H and O–H groups in total. The number of amides is 1. The minimum Gasteiger partial charge on any atom is -0.341 e. The molecule has 1 saturated heterocycles. The van der Waals surface area contributed by atoms with Crippen LogP contribution in [0, 0.1) is 5.92 Å². The molecular formula is C13H16BrNOS. The third-order valence-electron chi connectivity index (χ3n) is 2.99. The zero-order valence-corrected chi connectivity index (χ0v) is 12.3. The molecule has 0 radical (unpaired) electrons. The lowest BCUT2D eigenvalue weighted by Crippen LogP contribution is -2.32. The lowest BCUT2D eigenvalue weighted by Gasteiger charge is -2.20. The Morgan fingerprint density at radius 1 is 1.47 bits per heavy atom. The second-order valence-corrected chi connectivity index (χ2v) is 6.45. The molecule has 17 heavy (non-hydrogen) atoms. The van der Waals surface area contributed by atoms with Gasteiger partial charge in [0.05, 0.1) is 0 Å². The van der Waals surface area contributed by atoms with E-state index in [1.54, 1.807) is 0 Å². The lowest BCUT2D eigenvalue weighted by molar-refractivity contribution is -0.133. The van der Waals surface area contributed by atoms with Crippen LogP contribution < -0.4 is 0 Å². The Morgan fingerprint density at radius 3 is 2.76 bits per heavy atom. The average molecular weight is 314 g/mol. The predicted molar refractivity (Wildman–Crippen MR) is 76.0 cm³/mol. The van der Waals surface area contributed by atoms with Gasteiger partial charge in [-0.25, -0.2) is 0 Å². The monoisotopic (exact) mass is 313 g/mol. The standard InChI is InChI=1S/C13H16BrNOS/c1-15(13(16)11-6-7-17-9-11)8-10-2-4-12(14)5-3-10/h2-5,11H,6-9H2,1H3. The van der Waals surface area contributed by atoms with E-state index in [4.69, 9.17) is 0 Å². The van der Waals surface area contributed by atoms with E-state index in [2.05, 4.69) is 28.1 Å². The quantitative estimate of drug-likeness (QED) is 0.854. The fraction of sp³-hybridized carbons (Fsp3) is 0.462. The minimum absolute atomic E-state index is 0.237. The number of carbonyl (C=O) groups is 1. The molecule has 1 aromatic rings. The van der Waals surface area contributed by atoms with Crippen molar-refractivity contribution in [2.75, 3.05) is 18.6 Å². The SMILES string of the molecule is CN(Cc1ccc(Br)cc1)C(=O)C1CCSC1. The van der Waals surface area contributed by atoms with Gasteiger partial charge in [-0.2, -0.15) is 11.8 Å². The van der Waals surface area contributed by atoms with E-state index in [1.807, 2.05) is 35.8 Å². The Bertz CT molecular complexity index is 387. The summed E-state index contributed by atoms with van der Waals surface area (Å²) in [6, 6.07) is 8.13. The van der Waals surface area contributed by atoms with Crippen LogP contribution in [-0.4, -0.2) is 29.4 Å². The van der Waals surface area contributed by atoms with Gasteiger partial charge in [-0.3, -0.25) is 4.79 Å². The van der Waals surface area contributed by atoms with Crippen LogP contribution in [-0.2, 0) is 11.3 Å². The number of thioether (sulfide) groups is 1. The van der Waals surface area contributed by atoms with Crippen LogP contribution in [0.3, 0.4) is 0 Å². The topological polar surface area (TPSA) is 20.3 Å². The highest BCUT2D eigenvalue weighted by atomic mass is 79.9. The van der Waals surface area contributed by atoms with E-state index in [-0.39, 0.29) is 11.8 Å². The van der Waals surface area contributed by atoms with Crippen molar-refractivity contribution in [3.8, 4) is 0 Å². The molecule has 92 valence electrons. The lowest BCUT2D eigenvalue weighted by atomic mass is 10.1. The third kappa shape index (κ3) is 3.49. The molecule has 1 atom stereocenters. The maximum Gasteiger partial charge on any atom is 0.226 e. The fourth-order valence-electron chi connectivity index (χ4n) is 1.98. The Balaban J connectivity index is 1.93. The molecule has 1 aliphatic rings. The molecule has 1 amide bonds. The molecule has 0 spiro atoms. The van der Waals surface area contributed by atoms with Gasteiger partial charge in [0.15, 0.2) is 0 Å². The van der Waals surface area contributed by atoms with E-state index in [1.165, 1.54) is 5.56 Å². The first kappa shape index (κ1) is 13.0. The minimum atomic E-state index is 0.237. The second-order valence-electron chi connectivity index (χ2n) is 4.38. The van der Waals surface area contributed by atoms with Gasteiger partial charge in [-0.15, -0.1) is 0 Å². The summed E-state index contributed by atoms with van der Waals surface area (Å²) in [6.07, 6.45) is 1.04. The molecule has 1 unspecified atom stereocenters. The van der Waals surface area contributed by atoms with Crippen LogP contribution in [0.4, 0.5) is 0 Å². The first-order valence-electron chi connectivity index (χ1n) is 5.74. The van der Waals surface area contributed by atoms with Gasteiger partial charge in [0.2, 0.25) is 5.91 Å². The van der Waals surface area contributed by atoms with Gasteiger partial charge in [0, 0.05) is 29.7 Å². The van der Waals surface area contributed by atoms with Crippen molar-refractivity contribution in [1.29, 1.82) is 0 Å². The summed E-state index contributed by atoms with van der Waals surface area (Å²) in [4.78, 5) is 14.0. The van der Waals surface area contributed by atoms with Crippen molar-refractivity contribution in [2.24, 2.45) is 5.92 Å². The van der Waals surface area contributed by atoms with Gasteiger partial charge in [-0.1, -0.05) is 28.1 Å². The van der Waals surface area contributed by atoms with Crippen LogP contribution in [0.15, 0.2) is 28.7 Å². The van der Waals surface area contributed by atoms with E-state index in [9.17, 15) is 4.79 Å². The van der Waals surface area contributed by atoms with Crippen LogP contribution in [0.25, 0.3) is 0 Å². The molecule has 1 fully saturated rings. The Morgan fingerprint density at radius 2 is 2.18 bits per heavy atom. The summed E-state index contributed by atoms with van der Waals surface area (Å²) in [5.41, 5.74) is 1.18. The third-order valence-corrected chi connectivity index (χ3v) is 4.68. The van der Waals surface area contributed by atoms with Gasteiger partial charge < -0.3 is 4.90 Å². The highest BCUT2D eigenvalue weighted by Gasteiger charge is 2.25. The maximum absolute atomic E-state index is 12.1. The van der Waals surface area contributed by atoms with Crippen molar-refractivity contribution in [2.45, 2.75) is 13.0 Å². The molecule has 4 heteroatoms. The first-order valence-corrected chi connectivity index (χ1v) is 7.69. The predicted octanol–water partition coefficient (Wildman–Crippen LogP) is 3.16. The summed E-state index contributed by atoms with van der Waals surface area (Å²) in [5.74, 6) is 2.64. The molecule has 0 bridgehead atoms. The highest BCUT2D eigenvalue weighted by molar-refractivity contribution is 9.10. The van der Waals surface area contributed by atoms with E-state index in [0.717, 1.165) is 22.4 Å². The Kier molecular flexibility index (Phi) is 4.51. The van der Waals surface area contributed by atoms with Crippen molar-refractivity contribution < 1.29 is 4.79 Å². The highest BCUT2D eigenvalue weighted by Crippen LogP contribution is 2.25. The van der Waals surface area contributed by atoms with Crippen molar-refractivity contribution in [3.05, 3.63) is 34.3 Å². The van der Waals surface area contributed by atoms with E-state index < -0.39 is 0 Å². The van der Waals surface area contributed by atoms with E-state index in [0.29, 0.717) is 6.54 Å². The zero-order valence-electron chi connectivity index (χ0n) is 9.86. The summed E-state index contributed by atoms with van der Waals surface area (Å²) in [7, 11) is 1.90. The number of hydrogen-bond donors (Lipinski definition) is 0. The van der Waals surface area contributed by atoms with Gasteiger partial charge in [0.25, 0.3) is 0 Å². The Hall–Kier alpha value is -0.480. The number of rotatable bonds is 3. The first-order chi connectivity index (χ1) is 8.16. The van der Waals surface area contributed by atoms with Crippen LogP contribution in [0.2, 0.25) is 0 Å². The molecule has 2 rings (SSSR count). The summed E-state index contributed by atoms with van der Waals surface area (Å²) in [5, 5.41) is 0. The van der Waals surface area contributed by atoms with Gasteiger partial charge in [-0.05, 0) is 29.9 Å². The largest absolute Gasteiger partial charge is 0.341 e. The summed E-state index contributed by atoms with van der Waals surface area (Å²) < 4.78 is 1.07. The van der Waals surface area contributed by atoms with Crippen molar-refractivity contribution in [3.63, 3.8) is 0 Å². The maximum atomic E-state index is 12.1. The smallest absolute Gasteiger partial charge is 0.226 e. The number of nitrogens with zero attached hydrogens (tertiary/aromatic N) is 1. The van der Waals surface area contributed by atoms with Crippen LogP contribution in [0.1, 0.15) is 12.0 Å². The number of halogens is 1. The molecule has 0 aromatic heterocycles. The summed E-state index contributed by atoms with van der Waals surface area (Å²) in [6.45, 7) is 0.702. The molecule has 0 aliphatic carbocycles. The van der Waals surface area contributed by atoms with Crippen LogP contribution >= 0.6 is 27.7 Å². The Labute approximate surface area is 115 Å². The molecule has 2 nitrogen and oxygen atoms in total. The number of carbonyl (C=O) groups excluding carboxylic acids is 1. The van der Waals surface area contributed by atoms with E-state index >= 15 is 0 Å².